The van der Waals surface area contributed by atoms with E-state index in [2.05, 4.69) is 20.9 Å². The lowest BCUT2D eigenvalue weighted by molar-refractivity contribution is 0.371. The van der Waals surface area contributed by atoms with E-state index in [-0.39, 0.29) is 0 Å². The van der Waals surface area contributed by atoms with Crippen molar-refractivity contribution in [2.75, 3.05) is 39.3 Å². The number of rotatable bonds is 4. The molecule has 1 aliphatic rings. The van der Waals surface area contributed by atoms with Gasteiger partial charge < -0.3 is 19.1 Å². The molecule has 3 rings (SSSR count). The molecular weight excluding hydrogens is 294 g/mol. The first kappa shape index (κ1) is 15.4. The standard InChI is InChI=1S/C17H21N3O3/c1-21-14-6-4-5-12-7-9-20(10-8-13(12)14)17-18-15(22-2)11-16(19-17)23-3/h4-6,11H,7-10H2,1-3H3. The van der Waals surface area contributed by atoms with Crippen LogP contribution in [-0.2, 0) is 12.8 Å². The number of nitrogens with zero attached hydrogens (tertiary/aromatic N) is 3. The summed E-state index contributed by atoms with van der Waals surface area (Å²) in [6.45, 7) is 1.67. The van der Waals surface area contributed by atoms with Gasteiger partial charge in [-0.3, -0.25) is 0 Å². The Morgan fingerprint density at radius 1 is 0.913 bits per heavy atom. The van der Waals surface area contributed by atoms with E-state index in [1.165, 1.54) is 11.1 Å². The fraction of sp³-hybridized carbons (Fsp3) is 0.412. The van der Waals surface area contributed by atoms with E-state index in [1.54, 1.807) is 27.4 Å². The molecule has 2 aromatic rings. The molecule has 0 N–H and O–H groups in total. The van der Waals surface area contributed by atoms with E-state index in [4.69, 9.17) is 14.2 Å². The van der Waals surface area contributed by atoms with E-state index in [9.17, 15) is 0 Å². The third-order valence-electron chi connectivity index (χ3n) is 4.10. The van der Waals surface area contributed by atoms with E-state index < -0.39 is 0 Å². The summed E-state index contributed by atoms with van der Waals surface area (Å²) < 4.78 is 16.0. The summed E-state index contributed by atoms with van der Waals surface area (Å²) in [5, 5.41) is 0. The summed E-state index contributed by atoms with van der Waals surface area (Å²) in [6, 6.07) is 7.89. The molecule has 1 aliphatic heterocycles. The zero-order valence-corrected chi connectivity index (χ0v) is 13.7. The van der Waals surface area contributed by atoms with Gasteiger partial charge in [-0.15, -0.1) is 0 Å². The average molecular weight is 315 g/mol. The second-order valence-corrected chi connectivity index (χ2v) is 5.34. The topological polar surface area (TPSA) is 56.7 Å². The third-order valence-corrected chi connectivity index (χ3v) is 4.10. The molecule has 6 nitrogen and oxygen atoms in total. The first-order valence-electron chi connectivity index (χ1n) is 7.62. The van der Waals surface area contributed by atoms with Crippen molar-refractivity contribution < 1.29 is 14.2 Å². The van der Waals surface area contributed by atoms with Gasteiger partial charge in [0.15, 0.2) is 0 Å². The molecule has 0 amide bonds. The molecule has 23 heavy (non-hydrogen) atoms. The molecule has 0 fully saturated rings. The molecule has 0 saturated heterocycles. The average Bonchev–Trinajstić information content (AvgIpc) is 2.83. The Bertz CT molecular complexity index is 669. The molecular formula is C17H21N3O3. The molecule has 1 aromatic carbocycles. The molecule has 2 heterocycles. The number of methoxy groups -OCH3 is 3. The Kier molecular flexibility index (Phi) is 4.50. The van der Waals surface area contributed by atoms with Gasteiger partial charge in [0.1, 0.15) is 5.75 Å². The van der Waals surface area contributed by atoms with Crippen LogP contribution < -0.4 is 19.1 Å². The van der Waals surface area contributed by atoms with E-state index >= 15 is 0 Å². The lowest BCUT2D eigenvalue weighted by atomic mass is 10.0. The normalized spacial score (nSPS) is 14.0. The zero-order chi connectivity index (χ0) is 16.2. The minimum absolute atomic E-state index is 0.506. The Hall–Kier alpha value is -2.50. The van der Waals surface area contributed by atoms with Crippen molar-refractivity contribution in [1.29, 1.82) is 0 Å². The SMILES string of the molecule is COc1cc(OC)nc(N2CCc3cccc(OC)c3CC2)n1. The van der Waals surface area contributed by atoms with Gasteiger partial charge in [0.05, 0.1) is 27.4 Å². The largest absolute Gasteiger partial charge is 0.496 e. The quantitative estimate of drug-likeness (QED) is 0.861. The summed E-state index contributed by atoms with van der Waals surface area (Å²) in [5.74, 6) is 2.60. The lowest BCUT2D eigenvalue weighted by Gasteiger charge is -2.20. The summed E-state index contributed by atoms with van der Waals surface area (Å²) >= 11 is 0. The fourth-order valence-electron chi connectivity index (χ4n) is 2.88. The maximum atomic E-state index is 5.49. The fourth-order valence-corrected chi connectivity index (χ4v) is 2.88. The monoisotopic (exact) mass is 315 g/mol. The first-order chi connectivity index (χ1) is 11.2. The molecule has 0 radical (unpaired) electrons. The minimum atomic E-state index is 0.506. The predicted octanol–water partition coefficient (Wildman–Crippen LogP) is 2.11. The number of fused-ring (bicyclic) bond motifs is 1. The van der Waals surface area contributed by atoms with Crippen molar-refractivity contribution >= 4 is 5.95 Å². The van der Waals surface area contributed by atoms with Crippen LogP contribution in [0.25, 0.3) is 0 Å². The van der Waals surface area contributed by atoms with Crippen LogP contribution in [0.2, 0.25) is 0 Å². The lowest BCUT2D eigenvalue weighted by Crippen LogP contribution is -2.28. The Morgan fingerprint density at radius 3 is 2.26 bits per heavy atom. The van der Waals surface area contributed by atoms with Crippen molar-refractivity contribution in [3.05, 3.63) is 35.4 Å². The smallest absolute Gasteiger partial charge is 0.231 e. The zero-order valence-electron chi connectivity index (χ0n) is 13.7. The predicted molar refractivity (Wildman–Crippen MR) is 87.8 cm³/mol. The van der Waals surface area contributed by atoms with Gasteiger partial charge in [0.2, 0.25) is 17.7 Å². The highest BCUT2D eigenvalue weighted by Crippen LogP contribution is 2.28. The van der Waals surface area contributed by atoms with Crippen molar-refractivity contribution in [2.45, 2.75) is 12.8 Å². The van der Waals surface area contributed by atoms with Crippen LogP contribution in [0, 0.1) is 0 Å². The van der Waals surface area contributed by atoms with Crippen molar-refractivity contribution in [3.63, 3.8) is 0 Å². The molecule has 0 saturated carbocycles. The molecule has 6 heteroatoms. The molecule has 122 valence electrons. The summed E-state index contributed by atoms with van der Waals surface area (Å²) in [7, 11) is 4.90. The van der Waals surface area contributed by atoms with Crippen molar-refractivity contribution in [2.24, 2.45) is 0 Å². The molecule has 0 bridgehead atoms. The van der Waals surface area contributed by atoms with Gasteiger partial charge in [-0.2, -0.15) is 9.97 Å². The molecule has 0 atom stereocenters. The maximum Gasteiger partial charge on any atom is 0.231 e. The highest BCUT2D eigenvalue weighted by molar-refractivity contribution is 5.45. The number of aromatic nitrogens is 2. The maximum absolute atomic E-state index is 5.49. The van der Waals surface area contributed by atoms with E-state index in [0.29, 0.717) is 17.7 Å². The highest BCUT2D eigenvalue weighted by Gasteiger charge is 2.20. The number of hydrogen-bond acceptors (Lipinski definition) is 6. The Labute approximate surface area is 136 Å². The Morgan fingerprint density at radius 2 is 1.61 bits per heavy atom. The van der Waals surface area contributed by atoms with Crippen molar-refractivity contribution in [1.82, 2.24) is 9.97 Å². The first-order valence-corrected chi connectivity index (χ1v) is 7.62. The van der Waals surface area contributed by atoms with E-state index in [1.807, 2.05) is 12.1 Å². The van der Waals surface area contributed by atoms with Gasteiger partial charge in [0, 0.05) is 13.1 Å². The number of hydrogen-bond donors (Lipinski definition) is 0. The van der Waals surface area contributed by atoms with Gasteiger partial charge in [0.25, 0.3) is 0 Å². The summed E-state index contributed by atoms with van der Waals surface area (Å²) in [4.78, 5) is 11.1. The molecule has 0 aliphatic carbocycles. The summed E-state index contributed by atoms with van der Waals surface area (Å²) in [6.07, 6.45) is 1.82. The van der Waals surface area contributed by atoms with Gasteiger partial charge in [-0.25, -0.2) is 0 Å². The van der Waals surface area contributed by atoms with Crippen LogP contribution in [0.5, 0.6) is 17.5 Å². The van der Waals surface area contributed by atoms with E-state index in [0.717, 1.165) is 31.7 Å². The van der Waals surface area contributed by atoms with Crippen molar-refractivity contribution in [3.8, 4) is 17.5 Å². The third kappa shape index (κ3) is 3.16. The van der Waals surface area contributed by atoms with Crippen LogP contribution in [0.1, 0.15) is 11.1 Å². The Balaban J connectivity index is 1.87. The highest BCUT2D eigenvalue weighted by atomic mass is 16.5. The number of ether oxygens (including phenoxy) is 3. The van der Waals surface area contributed by atoms with Crippen LogP contribution in [0.15, 0.2) is 24.3 Å². The minimum Gasteiger partial charge on any atom is -0.496 e. The van der Waals surface area contributed by atoms with Gasteiger partial charge in [-0.1, -0.05) is 12.1 Å². The molecule has 1 aromatic heterocycles. The van der Waals surface area contributed by atoms with Gasteiger partial charge in [-0.05, 0) is 30.0 Å². The second kappa shape index (κ2) is 6.73. The molecule has 0 spiro atoms. The van der Waals surface area contributed by atoms with Crippen LogP contribution >= 0.6 is 0 Å². The number of benzene rings is 1. The molecule has 0 unspecified atom stereocenters. The number of anilines is 1. The van der Waals surface area contributed by atoms with Crippen LogP contribution in [-0.4, -0.2) is 44.4 Å². The van der Waals surface area contributed by atoms with Crippen LogP contribution in [0.4, 0.5) is 5.95 Å². The van der Waals surface area contributed by atoms with Gasteiger partial charge >= 0.3 is 0 Å². The second-order valence-electron chi connectivity index (χ2n) is 5.34. The van der Waals surface area contributed by atoms with Crippen LogP contribution in [0.3, 0.4) is 0 Å². The summed E-state index contributed by atoms with van der Waals surface area (Å²) in [5.41, 5.74) is 2.59.